The van der Waals surface area contributed by atoms with E-state index < -0.39 is 19.1 Å². The topological polar surface area (TPSA) is 159 Å². The zero-order valence-corrected chi connectivity index (χ0v) is 20.0. The number of thiophene rings is 1. The Kier molecular flexibility index (Phi) is 6.81. The zero-order valence-electron chi connectivity index (χ0n) is 18.2. The van der Waals surface area contributed by atoms with Crippen LogP contribution in [0, 0.1) is 17.2 Å². The average Bonchev–Trinajstić information content (AvgIpc) is 3.31. The minimum atomic E-state index is -4.00. The standard InChI is InChI=1S/C21H22N5O6PS/c1-32-19-18-14(12-23-26(21(18)28)20(27)16-3-2-15(11-22)34-16)10-17(24-19)25-7-4-13(5-8-25)6-9-33(29,30)31/h2-3,10,12-13H,4-9H2,1H3,(H2,29,30,31). The molecule has 0 bridgehead atoms. The number of hydrogen-bond donors (Lipinski definition) is 2. The number of carbonyl (C=O) groups excluding carboxylic acids is 1. The first-order valence-corrected chi connectivity index (χ1v) is 13.1. The van der Waals surface area contributed by atoms with Crippen LogP contribution in [0.15, 0.2) is 29.2 Å². The van der Waals surface area contributed by atoms with Crippen LogP contribution < -0.4 is 15.2 Å². The van der Waals surface area contributed by atoms with E-state index >= 15 is 0 Å². The largest absolute Gasteiger partial charge is 0.480 e. The van der Waals surface area contributed by atoms with Gasteiger partial charge in [-0.1, -0.05) is 0 Å². The lowest BCUT2D eigenvalue weighted by atomic mass is 9.94. The summed E-state index contributed by atoms with van der Waals surface area (Å²) in [6.07, 6.45) is 3.31. The number of methoxy groups -OCH3 is 1. The Hall–Kier alpha value is -3.10. The quantitative estimate of drug-likeness (QED) is 0.478. The van der Waals surface area contributed by atoms with Crippen LogP contribution in [0.1, 0.15) is 33.8 Å². The highest BCUT2D eigenvalue weighted by molar-refractivity contribution is 7.51. The van der Waals surface area contributed by atoms with Gasteiger partial charge >= 0.3 is 7.60 Å². The monoisotopic (exact) mass is 503 g/mol. The van der Waals surface area contributed by atoms with Crippen molar-refractivity contribution in [1.29, 1.82) is 5.26 Å². The third-order valence-electron chi connectivity index (χ3n) is 5.80. The second-order valence-electron chi connectivity index (χ2n) is 8.00. The average molecular weight is 503 g/mol. The number of fused-ring (bicyclic) bond motifs is 1. The molecular weight excluding hydrogens is 481 g/mol. The summed E-state index contributed by atoms with van der Waals surface area (Å²) < 4.78 is 17.3. The zero-order chi connectivity index (χ0) is 24.5. The summed E-state index contributed by atoms with van der Waals surface area (Å²) in [5.41, 5.74) is -0.665. The maximum atomic E-state index is 13.1. The van der Waals surface area contributed by atoms with Crippen molar-refractivity contribution in [1.82, 2.24) is 14.8 Å². The first kappa shape index (κ1) is 24.0. The molecule has 1 aliphatic rings. The van der Waals surface area contributed by atoms with Crippen LogP contribution in [0.5, 0.6) is 5.88 Å². The van der Waals surface area contributed by atoms with Gasteiger partial charge in [-0.15, -0.1) is 11.3 Å². The molecule has 0 unspecified atom stereocenters. The van der Waals surface area contributed by atoms with E-state index in [0.29, 0.717) is 35.6 Å². The van der Waals surface area contributed by atoms with Gasteiger partial charge in [-0.25, -0.2) is 0 Å². The predicted octanol–water partition coefficient (Wildman–Crippen LogP) is 2.21. The van der Waals surface area contributed by atoms with Crippen LogP contribution in [0.3, 0.4) is 0 Å². The fourth-order valence-corrected chi connectivity index (χ4v) is 5.43. The highest BCUT2D eigenvalue weighted by atomic mass is 32.1. The molecule has 0 saturated carbocycles. The van der Waals surface area contributed by atoms with Crippen molar-refractivity contribution in [2.24, 2.45) is 5.92 Å². The summed E-state index contributed by atoms with van der Waals surface area (Å²) in [6.45, 7) is 1.30. The SMILES string of the molecule is COc1nc(N2CCC(CCP(=O)(O)O)CC2)cc2cnn(C(=O)c3ccc(C#N)s3)c(=O)c12. The smallest absolute Gasteiger partial charge is 0.325 e. The fourth-order valence-electron chi connectivity index (χ4n) is 4.00. The van der Waals surface area contributed by atoms with E-state index in [1.807, 2.05) is 11.0 Å². The van der Waals surface area contributed by atoms with Crippen molar-refractivity contribution in [3.8, 4) is 11.9 Å². The number of aromatic nitrogens is 3. The van der Waals surface area contributed by atoms with E-state index in [1.165, 1.54) is 25.4 Å². The molecule has 13 heteroatoms. The van der Waals surface area contributed by atoms with Crippen molar-refractivity contribution in [3.63, 3.8) is 0 Å². The number of hydrogen-bond acceptors (Lipinski definition) is 9. The molecule has 4 heterocycles. The highest BCUT2D eigenvalue weighted by Crippen LogP contribution is 2.38. The molecule has 178 valence electrons. The molecule has 0 aliphatic carbocycles. The van der Waals surface area contributed by atoms with Gasteiger partial charge < -0.3 is 19.4 Å². The van der Waals surface area contributed by atoms with E-state index in [-0.39, 0.29) is 28.2 Å². The number of rotatable bonds is 6. The second-order valence-corrected chi connectivity index (χ2v) is 10.9. The first-order chi connectivity index (χ1) is 16.2. The number of nitrogens with zero attached hydrogens (tertiary/aromatic N) is 5. The molecule has 1 saturated heterocycles. The van der Waals surface area contributed by atoms with Gasteiger partial charge in [0.25, 0.3) is 11.5 Å². The van der Waals surface area contributed by atoms with Gasteiger partial charge in [0, 0.05) is 18.5 Å². The van der Waals surface area contributed by atoms with Crippen LogP contribution in [0.2, 0.25) is 0 Å². The number of nitriles is 1. The molecule has 34 heavy (non-hydrogen) atoms. The molecule has 3 aromatic rings. The minimum Gasteiger partial charge on any atom is -0.480 e. The maximum absolute atomic E-state index is 13.1. The van der Waals surface area contributed by atoms with Gasteiger partial charge in [0.05, 0.1) is 24.3 Å². The lowest BCUT2D eigenvalue weighted by Crippen LogP contribution is -2.35. The van der Waals surface area contributed by atoms with Gasteiger partial charge in [0.2, 0.25) is 5.88 Å². The minimum absolute atomic E-state index is 0.0777. The summed E-state index contributed by atoms with van der Waals surface area (Å²) in [5, 5.41) is 13.6. The number of ether oxygens (including phenoxy) is 1. The lowest BCUT2D eigenvalue weighted by Gasteiger charge is -2.33. The third kappa shape index (κ3) is 5.03. The summed E-state index contributed by atoms with van der Waals surface area (Å²) in [4.78, 5) is 51.2. The molecule has 0 aromatic carbocycles. The molecule has 1 fully saturated rings. The fraction of sp³-hybridized carbons (Fsp3) is 0.381. The molecule has 0 amide bonds. The Morgan fingerprint density at radius 3 is 2.71 bits per heavy atom. The Bertz CT molecular complexity index is 1380. The van der Waals surface area contributed by atoms with Gasteiger partial charge in [0.15, 0.2) is 0 Å². The molecule has 4 rings (SSSR count). The molecule has 0 radical (unpaired) electrons. The highest BCUT2D eigenvalue weighted by Gasteiger charge is 2.25. The van der Waals surface area contributed by atoms with E-state index in [0.717, 1.165) is 28.9 Å². The maximum Gasteiger partial charge on any atom is 0.325 e. The Labute approximate surface area is 198 Å². The summed E-state index contributed by atoms with van der Waals surface area (Å²) in [6, 6.07) is 6.66. The molecule has 3 aromatic heterocycles. The van der Waals surface area contributed by atoms with Crippen LogP contribution in [-0.2, 0) is 4.57 Å². The van der Waals surface area contributed by atoms with Gasteiger partial charge in [-0.05, 0) is 43.4 Å². The van der Waals surface area contributed by atoms with Crippen molar-refractivity contribution in [3.05, 3.63) is 44.5 Å². The normalized spacial score (nSPS) is 14.8. The first-order valence-electron chi connectivity index (χ1n) is 10.5. The number of piperidine rings is 1. The Morgan fingerprint density at radius 2 is 2.09 bits per heavy atom. The van der Waals surface area contributed by atoms with Crippen LogP contribution in [0.25, 0.3) is 10.8 Å². The van der Waals surface area contributed by atoms with Crippen LogP contribution >= 0.6 is 18.9 Å². The Morgan fingerprint density at radius 1 is 1.35 bits per heavy atom. The van der Waals surface area contributed by atoms with E-state index in [4.69, 9.17) is 19.8 Å². The van der Waals surface area contributed by atoms with Crippen LogP contribution in [-0.4, -0.2) is 56.8 Å². The number of anilines is 1. The molecule has 0 atom stereocenters. The molecule has 11 nitrogen and oxygen atoms in total. The third-order valence-corrected chi connectivity index (χ3v) is 7.62. The Balaban J connectivity index is 1.59. The molecule has 0 spiro atoms. The number of pyridine rings is 1. The van der Waals surface area contributed by atoms with Gasteiger partial charge in [-0.3, -0.25) is 14.2 Å². The lowest BCUT2D eigenvalue weighted by molar-refractivity contribution is 0.0943. The predicted molar refractivity (Wildman–Crippen MR) is 126 cm³/mol. The summed E-state index contributed by atoms with van der Waals surface area (Å²) in [5.74, 6) is 0.265. The summed E-state index contributed by atoms with van der Waals surface area (Å²) in [7, 11) is -2.61. The van der Waals surface area contributed by atoms with Crippen molar-refractivity contribution < 1.29 is 23.9 Å². The summed E-state index contributed by atoms with van der Waals surface area (Å²) >= 11 is 0.979. The van der Waals surface area contributed by atoms with E-state index in [2.05, 4.69) is 10.1 Å². The second kappa shape index (κ2) is 9.64. The number of carbonyl (C=O) groups is 1. The van der Waals surface area contributed by atoms with Crippen molar-refractivity contribution in [2.75, 3.05) is 31.3 Å². The van der Waals surface area contributed by atoms with E-state index in [1.54, 1.807) is 6.07 Å². The van der Waals surface area contributed by atoms with Crippen molar-refractivity contribution in [2.45, 2.75) is 19.3 Å². The van der Waals surface area contributed by atoms with Crippen LogP contribution in [0.4, 0.5) is 5.82 Å². The molecule has 2 N–H and O–H groups in total. The van der Waals surface area contributed by atoms with Crippen molar-refractivity contribution >= 4 is 41.4 Å². The molecule has 1 aliphatic heterocycles. The van der Waals surface area contributed by atoms with Gasteiger partial charge in [-0.2, -0.15) is 20.0 Å². The van der Waals surface area contributed by atoms with E-state index in [9.17, 15) is 14.2 Å². The molecular formula is C21H22N5O6PS. The van der Waals surface area contributed by atoms with Gasteiger partial charge in [0.1, 0.15) is 22.2 Å².